The number of rotatable bonds is 6. The zero-order chi connectivity index (χ0) is 12.8. The second-order valence-electron chi connectivity index (χ2n) is 3.87. The lowest BCUT2D eigenvalue weighted by Gasteiger charge is -2.14. The van der Waals surface area contributed by atoms with E-state index in [0.29, 0.717) is 22.3 Å². The van der Waals surface area contributed by atoms with E-state index in [0.717, 1.165) is 12.0 Å². The molecule has 96 valence electrons. The number of methoxy groups -OCH3 is 1. The standard InChI is InChI=1S/C12H17Cl2NO2/c1-3-10(7-16)15-6-8-4-9(13)5-11(14)12(8)17-2/h4-5,10,15-16H,3,6-7H2,1-2H3/p+1/t10-/m1/s1. The van der Waals surface area contributed by atoms with E-state index in [1.165, 1.54) is 0 Å². The maximum atomic E-state index is 9.13. The third-order valence-electron chi connectivity index (χ3n) is 2.72. The summed E-state index contributed by atoms with van der Waals surface area (Å²) in [6.45, 7) is 2.88. The van der Waals surface area contributed by atoms with Gasteiger partial charge in [0.15, 0.2) is 0 Å². The molecule has 0 unspecified atom stereocenters. The van der Waals surface area contributed by atoms with E-state index in [2.05, 4.69) is 5.32 Å². The maximum Gasteiger partial charge on any atom is 0.146 e. The van der Waals surface area contributed by atoms with Gasteiger partial charge in [-0.2, -0.15) is 0 Å². The highest BCUT2D eigenvalue weighted by atomic mass is 35.5. The van der Waals surface area contributed by atoms with Crippen molar-refractivity contribution in [2.75, 3.05) is 13.7 Å². The molecule has 0 aromatic heterocycles. The molecule has 3 N–H and O–H groups in total. The van der Waals surface area contributed by atoms with Gasteiger partial charge in [-0.15, -0.1) is 0 Å². The van der Waals surface area contributed by atoms with Crippen LogP contribution in [-0.4, -0.2) is 24.9 Å². The quantitative estimate of drug-likeness (QED) is 0.834. The Hall–Kier alpha value is -0.480. The van der Waals surface area contributed by atoms with Crippen molar-refractivity contribution in [3.8, 4) is 5.75 Å². The summed E-state index contributed by atoms with van der Waals surface area (Å²) in [6.07, 6.45) is 0.910. The minimum absolute atomic E-state index is 0.160. The molecule has 0 radical (unpaired) electrons. The number of aliphatic hydroxyl groups excluding tert-OH is 1. The van der Waals surface area contributed by atoms with E-state index in [1.54, 1.807) is 13.2 Å². The van der Waals surface area contributed by atoms with Crippen LogP contribution in [0.4, 0.5) is 0 Å². The molecule has 0 fully saturated rings. The summed E-state index contributed by atoms with van der Waals surface area (Å²) < 4.78 is 5.26. The Morgan fingerprint density at radius 3 is 2.65 bits per heavy atom. The number of aliphatic hydroxyl groups is 1. The predicted octanol–water partition coefficient (Wildman–Crippen LogP) is 1.84. The van der Waals surface area contributed by atoms with Crippen LogP contribution >= 0.6 is 23.2 Å². The van der Waals surface area contributed by atoms with Crippen LogP contribution in [0.15, 0.2) is 12.1 Å². The molecule has 1 rings (SSSR count). The van der Waals surface area contributed by atoms with Crippen molar-refractivity contribution in [1.82, 2.24) is 0 Å². The first-order valence-electron chi connectivity index (χ1n) is 5.58. The topological polar surface area (TPSA) is 46.1 Å². The van der Waals surface area contributed by atoms with E-state index in [1.807, 2.05) is 13.0 Å². The fourth-order valence-corrected chi connectivity index (χ4v) is 2.27. The first-order chi connectivity index (χ1) is 8.12. The van der Waals surface area contributed by atoms with Crippen molar-refractivity contribution in [2.45, 2.75) is 25.9 Å². The minimum Gasteiger partial charge on any atom is -0.495 e. The van der Waals surface area contributed by atoms with Gasteiger partial charge in [0, 0.05) is 5.02 Å². The van der Waals surface area contributed by atoms with Gasteiger partial charge in [0.2, 0.25) is 0 Å². The first kappa shape index (κ1) is 14.6. The highest BCUT2D eigenvalue weighted by Gasteiger charge is 2.14. The Labute approximate surface area is 112 Å². The van der Waals surface area contributed by atoms with Crippen molar-refractivity contribution in [3.05, 3.63) is 27.7 Å². The van der Waals surface area contributed by atoms with Crippen LogP contribution in [0, 0.1) is 0 Å². The Morgan fingerprint density at radius 1 is 1.41 bits per heavy atom. The number of benzene rings is 1. The zero-order valence-corrected chi connectivity index (χ0v) is 11.6. The molecule has 0 spiro atoms. The van der Waals surface area contributed by atoms with Gasteiger partial charge < -0.3 is 15.2 Å². The third kappa shape index (κ3) is 4.03. The van der Waals surface area contributed by atoms with Gasteiger partial charge in [-0.25, -0.2) is 0 Å². The monoisotopic (exact) mass is 278 g/mol. The molecular weight excluding hydrogens is 261 g/mol. The van der Waals surface area contributed by atoms with Crippen molar-refractivity contribution in [2.24, 2.45) is 0 Å². The lowest BCUT2D eigenvalue weighted by molar-refractivity contribution is -0.706. The second-order valence-corrected chi connectivity index (χ2v) is 4.71. The molecule has 0 aliphatic rings. The first-order valence-corrected chi connectivity index (χ1v) is 6.34. The third-order valence-corrected chi connectivity index (χ3v) is 3.22. The van der Waals surface area contributed by atoms with E-state index >= 15 is 0 Å². The van der Waals surface area contributed by atoms with Gasteiger partial charge >= 0.3 is 0 Å². The average molecular weight is 279 g/mol. The lowest BCUT2D eigenvalue weighted by Crippen LogP contribution is -2.89. The van der Waals surface area contributed by atoms with Crippen molar-refractivity contribution >= 4 is 23.2 Å². The maximum absolute atomic E-state index is 9.13. The summed E-state index contributed by atoms with van der Waals surface area (Å²) in [5.41, 5.74) is 0.942. The van der Waals surface area contributed by atoms with Gasteiger partial charge in [0.1, 0.15) is 18.3 Å². The summed E-state index contributed by atoms with van der Waals surface area (Å²) in [5, 5.41) is 12.3. The molecule has 0 amide bonds. The summed E-state index contributed by atoms with van der Waals surface area (Å²) in [5.74, 6) is 0.653. The number of hydrogen-bond acceptors (Lipinski definition) is 2. The molecule has 0 aliphatic heterocycles. The van der Waals surface area contributed by atoms with Gasteiger partial charge in [-0.1, -0.05) is 30.1 Å². The fourth-order valence-electron chi connectivity index (χ4n) is 1.66. The average Bonchev–Trinajstić information content (AvgIpc) is 2.29. The number of halogens is 2. The van der Waals surface area contributed by atoms with Crippen LogP contribution in [0.2, 0.25) is 10.0 Å². The summed E-state index contributed by atoms with van der Waals surface area (Å²) >= 11 is 12.0. The van der Waals surface area contributed by atoms with E-state index in [9.17, 15) is 0 Å². The van der Waals surface area contributed by atoms with Gasteiger partial charge in [0.25, 0.3) is 0 Å². The molecular formula is C12H18Cl2NO2+. The van der Waals surface area contributed by atoms with Crippen molar-refractivity contribution in [3.63, 3.8) is 0 Å². The fraction of sp³-hybridized carbons (Fsp3) is 0.500. The Balaban J connectivity index is 2.82. The molecule has 0 heterocycles. The van der Waals surface area contributed by atoms with Crippen molar-refractivity contribution in [1.29, 1.82) is 0 Å². The van der Waals surface area contributed by atoms with Crippen LogP contribution < -0.4 is 10.1 Å². The summed E-state index contributed by atoms with van der Waals surface area (Å²) in [7, 11) is 1.59. The Morgan fingerprint density at radius 2 is 2.12 bits per heavy atom. The molecule has 0 aliphatic carbocycles. The molecule has 0 saturated carbocycles. The molecule has 1 aromatic carbocycles. The van der Waals surface area contributed by atoms with Gasteiger partial charge in [-0.3, -0.25) is 0 Å². The normalized spacial score (nSPS) is 12.5. The largest absolute Gasteiger partial charge is 0.495 e. The lowest BCUT2D eigenvalue weighted by atomic mass is 10.1. The second kappa shape index (κ2) is 7.07. The molecule has 1 aromatic rings. The van der Waals surface area contributed by atoms with Crippen LogP contribution in [0.5, 0.6) is 5.75 Å². The molecule has 17 heavy (non-hydrogen) atoms. The van der Waals surface area contributed by atoms with Gasteiger partial charge in [-0.05, 0) is 18.6 Å². The van der Waals surface area contributed by atoms with Crippen LogP contribution in [0.1, 0.15) is 18.9 Å². The van der Waals surface area contributed by atoms with Crippen LogP contribution in [0.3, 0.4) is 0 Å². The van der Waals surface area contributed by atoms with E-state index in [4.69, 9.17) is 33.0 Å². The SMILES string of the molecule is CC[C@H](CO)[NH2+]Cc1cc(Cl)cc(Cl)c1OC. The molecule has 1 atom stereocenters. The summed E-state index contributed by atoms with van der Waals surface area (Å²) in [4.78, 5) is 0. The van der Waals surface area contributed by atoms with Gasteiger partial charge in [0.05, 0.1) is 24.3 Å². The number of quaternary nitrogens is 1. The summed E-state index contributed by atoms with van der Waals surface area (Å²) in [6, 6.07) is 3.69. The smallest absolute Gasteiger partial charge is 0.146 e. The number of ether oxygens (including phenoxy) is 1. The van der Waals surface area contributed by atoms with Crippen molar-refractivity contribution < 1.29 is 15.2 Å². The minimum atomic E-state index is 0.160. The molecule has 5 heteroatoms. The number of nitrogens with two attached hydrogens (primary N) is 1. The highest BCUT2D eigenvalue weighted by Crippen LogP contribution is 2.31. The van der Waals surface area contributed by atoms with Crippen LogP contribution in [-0.2, 0) is 6.54 Å². The number of hydrogen-bond donors (Lipinski definition) is 2. The van der Waals surface area contributed by atoms with E-state index in [-0.39, 0.29) is 12.6 Å². The molecule has 0 bridgehead atoms. The Kier molecular flexibility index (Phi) is 6.06. The molecule has 3 nitrogen and oxygen atoms in total. The van der Waals surface area contributed by atoms with E-state index < -0.39 is 0 Å². The highest BCUT2D eigenvalue weighted by molar-refractivity contribution is 6.35. The zero-order valence-electron chi connectivity index (χ0n) is 10.0. The molecule has 0 saturated heterocycles. The predicted molar refractivity (Wildman–Crippen MR) is 69.8 cm³/mol. The Bertz CT molecular complexity index is 368. The van der Waals surface area contributed by atoms with Crippen LogP contribution in [0.25, 0.3) is 0 Å².